The predicted octanol–water partition coefficient (Wildman–Crippen LogP) is 1.05. The highest BCUT2D eigenvalue weighted by molar-refractivity contribution is 7.84. The molecule has 2 aromatic rings. The van der Waals surface area contributed by atoms with Gasteiger partial charge >= 0.3 is 16.5 Å². The molecule has 5 rings (SSSR count). The summed E-state index contributed by atoms with van der Waals surface area (Å²) in [5.74, 6) is -1.92. The number of Topliss-reactive ketones (excluding diaryl/α,β-unsaturated/α-hetero) is 1. The van der Waals surface area contributed by atoms with Gasteiger partial charge in [-0.25, -0.2) is 15.1 Å². The van der Waals surface area contributed by atoms with Gasteiger partial charge in [0.2, 0.25) is 11.5 Å². The van der Waals surface area contributed by atoms with Crippen LogP contribution >= 0.6 is 0 Å². The van der Waals surface area contributed by atoms with Crippen molar-refractivity contribution in [1.82, 2.24) is 15.0 Å². The molecule has 0 aromatic carbocycles. The third-order valence-corrected chi connectivity index (χ3v) is 8.09. The number of rotatable bonds is 9. The van der Waals surface area contributed by atoms with E-state index in [0.717, 1.165) is 6.07 Å². The number of furan rings is 1. The second kappa shape index (κ2) is 10.1. The molecule has 6 atom stereocenters. The molecular formula is C23H27F3N6O7S. The van der Waals surface area contributed by atoms with Gasteiger partial charge in [-0.1, -0.05) is 0 Å². The summed E-state index contributed by atoms with van der Waals surface area (Å²) in [6.45, 7) is 1.80. The van der Waals surface area contributed by atoms with Crippen LogP contribution in [0.4, 0.5) is 19.0 Å². The smallest absolute Gasteiger partial charge is 0.449 e. The second-order valence-corrected chi connectivity index (χ2v) is 11.5. The molecule has 13 nitrogen and oxygen atoms in total. The molecule has 2 fully saturated rings. The van der Waals surface area contributed by atoms with Gasteiger partial charge in [0.05, 0.1) is 36.5 Å². The van der Waals surface area contributed by atoms with Crippen molar-refractivity contribution >= 4 is 27.6 Å². The first-order valence-corrected chi connectivity index (χ1v) is 13.8. The summed E-state index contributed by atoms with van der Waals surface area (Å²) in [6, 6.07) is 1.75. The third kappa shape index (κ3) is 5.56. The number of hydrogen-bond donors (Lipinski definition) is 4. The molecule has 17 heteroatoms. The number of nitrogens with zero attached hydrogens (tertiary/aromatic N) is 4. The van der Waals surface area contributed by atoms with Crippen molar-refractivity contribution in [2.75, 3.05) is 11.9 Å². The molecule has 3 heterocycles. The molecule has 0 amide bonds. The molecule has 1 unspecified atom stereocenters. The van der Waals surface area contributed by atoms with Crippen molar-refractivity contribution < 1.29 is 45.2 Å². The highest BCUT2D eigenvalue weighted by atomic mass is 32.2. The predicted molar refractivity (Wildman–Crippen MR) is 131 cm³/mol. The third-order valence-electron chi connectivity index (χ3n) is 7.59. The van der Waals surface area contributed by atoms with Crippen LogP contribution < -0.4 is 10.5 Å². The normalized spacial score (nSPS) is 30.1. The highest BCUT2D eigenvalue weighted by Gasteiger charge is 2.68. The van der Waals surface area contributed by atoms with Gasteiger partial charge in [-0.15, -0.1) is 0 Å². The van der Waals surface area contributed by atoms with E-state index < -0.39 is 57.7 Å². The van der Waals surface area contributed by atoms with E-state index in [-0.39, 0.29) is 61.2 Å². The van der Waals surface area contributed by atoms with Crippen LogP contribution in [0.5, 0.6) is 0 Å². The van der Waals surface area contributed by atoms with Crippen LogP contribution in [0, 0.1) is 11.3 Å². The molecule has 1 aliphatic heterocycles. The van der Waals surface area contributed by atoms with Crippen LogP contribution in [0.25, 0.3) is 0 Å². The van der Waals surface area contributed by atoms with E-state index in [9.17, 15) is 36.6 Å². The Morgan fingerprint density at radius 1 is 1.32 bits per heavy atom. The lowest BCUT2D eigenvalue weighted by atomic mass is 10.0. The second-order valence-electron chi connectivity index (χ2n) is 10.4. The van der Waals surface area contributed by atoms with Gasteiger partial charge in [0.1, 0.15) is 23.6 Å². The summed E-state index contributed by atoms with van der Waals surface area (Å²) in [7, 11) is -4.22. The maximum Gasteiger partial charge on any atom is 0.449 e. The van der Waals surface area contributed by atoms with E-state index in [4.69, 9.17) is 13.7 Å². The lowest BCUT2D eigenvalue weighted by molar-refractivity contribution is -0.153. The first-order valence-electron chi connectivity index (χ1n) is 12.3. The molecule has 0 radical (unpaired) electrons. The van der Waals surface area contributed by atoms with Crippen molar-refractivity contribution in [3.63, 3.8) is 0 Å². The van der Waals surface area contributed by atoms with Crippen LogP contribution in [0.3, 0.4) is 0 Å². The van der Waals surface area contributed by atoms with E-state index in [1.165, 1.54) is 23.6 Å². The minimum atomic E-state index is -4.61. The van der Waals surface area contributed by atoms with Crippen LogP contribution in [-0.4, -0.2) is 76.0 Å². The molecule has 0 saturated heterocycles. The molecule has 2 saturated carbocycles. The van der Waals surface area contributed by atoms with E-state index in [2.05, 4.69) is 20.4 Å². The average molecular weight is 589 g/mol. The minimum absolute atomic E-state index is 0.0458. The number of halogens is 3. The Morgan fingerprint density at radius 2 is 2.08 bits per heavy atom. The molecule has 218 valence electrons. The Balaban J connectivity index is 1.25. The fraction of sp³-hybridized carbons (Fsp3) is 0.565. The Kier molecular flexibility index (Phi) is 7.14. The van der Waals surface area contributed by atoms with E-state index in [1.54, 1.807) is 6.92 Å². The zero-order valence-electron chi connectivity index (χ0n) is 21.1. The lowest BCUT2D eigenvalue weighted by Crippen LogP contribution is -2.33. The standard InChI is InChI=1S/C23H27F3N6O7S/c1-11-4-15(31-32(11)9-13-2-3-16(38-13)23(24,25)26)19(34)14-8-28-10-30-21(14)29-7-12-5-22(20(35)18(12)33)6-17(22)39-40(27,36)37/h2-3,8,10-12,17-18,20,33,35H,4-7,9H2,1H3,(H2,27,36,37)(H,28,29,30)/t11?,12-,17+,18-,20-,22+/m0/s1. The van der Waals surface area contributed by atoms with Gasteiger partial charge in [-0.2, -0.15) is 26.7 Å². The van der Waals surface area contributed by atoms with E-state index >= 15 is 0 Å². The number of carbonyl (C=O) groups excluding carboxylic acids is 1. The molecule has 5 N–H and O–H groups in total. The van der Waals surface area contributed by atoms with Crippen LogP contribution in [0.15, 0.2) is 34.2 Å². The van der Waals surface area contributed by atoms with Gasteiger partial charge in [-0.05, 0) is 31.9 Å². The average Bonchev–Trinajstić information content (AvgIpc) is 3.16. The van der Waals surface area contributed by atoms with Crippen molar-refractivity contribution in [3.8, 4) is 0 Å². The number of aromatic nitrogens is 2. The molecule has 1 spiro atoms. The number of nitrogens with one attached hydrogen (secondary N) is 1. The zero-order valence-corrected chi connectivity index (χ0v) is 21.9. The summed E-state index contributed by atoms with van der Waals surface area (Å²) < 4.78 is 70.8. The first-order chi connectivity index (χ1) is 18.7. The molecule has 0 bridgehead atoms. The summed E-state index contributed by atoms with van der Waals surface area (Å²) in [5.41, 5.74) is -0.684. The molecule has 2 aromatic heterocycles. The number of aliphatic hydroxyl groups is 2. The highest BCUT2D eigenvalue weighted by Crippen LogP contribution is 2.61. The molecule has 3 aliphatic rings. The van der Waals surface area contributed by atoms with Gasteiger partial charge in [0.25, 0.3) is 0 Å². The SMILES string of the molecule is CC1CC(C(=O)c2cncnc2NC[C@@H]2C[C@]3(C[C@H]3OS(N)(=O)=O)[C@@H](O)[C@H]2O)=NN1Cc1ccc(C(F)(F)F)o1. The number of anilines is 1. The Hall–Kier alpha value is -3.12. The van der Waals surface area contributed by atoms with Gasteiger partial charge in [0.15, 0.2) is 0 Å². The fourth-order valence-electron chi connectivity index (χ4n) is 5.43. The van der Waals surface area contributed by atoms with Crippen LogP contribution in [0.2, 0.25) is 0 Å². The Labute approximate surface area is 226 Å². The number of aliphatic hydroxyl groups excluding tert-OH is 2. The zero-order chi connectivity index (χ0) is 29.0. The van der Waals surface area contributed by atoms with Crippen molar-refractivity contribution in [2.24, 2.45) is 21.6 Å². The van der Waals surface area contributed by atoms with Gasteiger partial charge in [-0.3, -0.25) is 14.0 Å². The van der Waals surface area contributed by atoms with Crippen molar-refractivity contribution in [1.29, 1.82) is 0 Å². The Bertz CT molecular complexity index is 1430. The summed E-state index contributed by atoms with van der Waals surface area (Å²) in [4.78, 5) is 21.4. The van der Waals surface area contributed by atoms with Crippen molar-refractivity contribution in [3.05, 3.63) is 41.7 Å². The number of alkyl halides is 3. The fourth-order valence-corrected chi connectivity index (χ4v) is 6.01. The Morgan fingerprint density at radius 3 is 2.75 bits per heavy atom. The molecule has 40 heavy (non-hydrogen) atoms. The summed E-state index contributed by atoms with van der Waals surface area (Å²) in [6.07, 6.45) is -4.64. The maximum absolute atomic E-state index is 13.3. The van der Waals surface area contributed by atoms with Crippen molar-refractivity contribution in [2.45, 2.75) is 63.3 Å². The van der Waals surface area contributed by atoms with Crippen LogP contribution in [-0.2, 0) is 27.2 Å². The first kappa shape index (κ1) is 28.4. The number of hydrogen-bond acceptors (Lipinski definition) is 12. The maximum atomic E-state index is 13.3. The lowest BCUT2D eigenvalue weighted by Gasteiger charge is -2.18. The quantitative estimate of drug-likeness (QED) is 0.306. The van der Waals surface area contributed by atoms with E-state index in [1.807, 2.05) is 0 Å². The minimum Gasteiger partial charge on any atom is -0.455 e. The summed E-state index contributed by atoms with van der Waals surface area (Å²) in [5, 5.41) is 34.8. The number of hydrazone groups is 1. The molecular weight excluding hydrogens is 561 g/mol. The topological polar surface area (TPSA) is 193 Å². The van der Waals surface area contributed by atoms with E-state index in [0.29, 0.717) is 0 Å². The number of nitrogens with two attached hydrogens (primary N) is 1. The van der Waals surface area contributed by atoms with Gasteiger partial charge < -0.3 is 19.9 Å². The van der Waals surface area contributed by atoms with Crippen LogP contribution in [0.1, 0.15) is 48.1 Å². The number of ketones is 1. The number of carbonyl (C=O) groups is 1. The van der Waals surface area contributed by atoms with Gasteiger partial charge in [0, 0.05) is 30.5 Å². The summed E-state index contributed by atoms with van der Waals surface area (Å²) >= 11 is 0. The monoisotopic (exact) mass is 588 g/mol. The largest absolute Gasteiger partial charge is 0.455 e. The molecule has 2 aliphatic carbocycles.